The van der Waals surface area contributed by atoms with Gasteiger partial charge in [-0.25, -0.2) is 4.39 Å². The van der Waals surface area contributed by atoms with E-state index in [0.717, 1.165) is 5.69 Å². The van der Waals surface area contributed by atoms with Crippen LogP contribution in [-0.4, -0.2) is 46.7 Å². The lowest BCUT2D eigenvalue weighted by Crippen LogP contribution is -2.38. The van der Waals surface area contributed by atoms with E-state index in [4.69, 9.17) is 4.74 Å². The highest BCUT2D eigenvalue weighted by atomic mass is 19.1. The average molecular weight is 374 g/mol. The minimum absolute atomic E-state index is 0.0975. The molecule has 0 saturated carbocycles. The number of carbonyl (C=O) groups excluding carboxylic acids is 2. The Morgan fingerprint density at radius 1 is 1.30 bits per heavy atom. The highest BCUT2D eigenvalue weighted by Gasteiger charge is 2.25. The van der Waals surface area contributed by atoms with Crippen molar-refractivity contribution in [1.29, 1.82) is 0 Å². The topological polar surface area (TPSA) is 76.5 Å². The Kier molecular flexibility index (Phi) is 5.43. The number of amides is 2. The van der Waals surface area contributed by atoms with Crippen LogP contribution in [0.3, 0.4) is 0 Å². The molecule has 0 unspecified atom stereocenters. The van der Waals surface area contributed by atoms with Crippen LogP contribution in [0.1, 0.15) is 40.4 Å². The number of rotatable bonds is 5. The van der Waals surface area contributed by atoms with Gasteiger partial charge in [0.15, 0.2) is 17.3 Å². The van der Waals surface area contributed by atoms with Crippen molar-refractivity contribution in [3.8, 4) is 5.75 Å². The van der Waals surface area contributed by atoms with Crippen molar-refractivity contribution in [3.63, 3.8) is 0 Å². The summed E-state index contributed by atoms with van der Waals surface area (Å²) in [7, 11) is 1.38. The number of fused-ring (bicyclic) bond motifs is 1. The van der Waals surface area contributed by atoms with Crippen LogP contribution >= 0.6 is 0 Å². The number of nitrogens with one attached hydrogen (secondary N) is 1. The molecule has 2 heterocycles. The number of benzene rings is 1. The lowest BCUT2D eigenvalue weighted by Gasteiger charge is -2.27. The fourth-order valence-electron chi connectivity index (χ4n) is 2.92. The van der Waals surface area contributed by atoms with Gasteiger partial charge < -0.3 is 15.0 Å². The average Bonchev–Trinajstić information content (AvgIpc) is 3.08. The first-order valence-electron chi connectivity index (χ1n) is 8.86. The molecule has 0 fully saturated rings. The number of methoxy groups -OCH3 is 1. The maximum absolute atomic E-state index is 13.9. The summed E-state index contributed by atoms with van der Waals surface area (Å²) in [6, 6.07) is 5.86. The minimum Gasteiger partial charge on any atom is -0.494 e. The monoisotopic (exact) mass is 374 g/mol. The van der Waals surface area contributed by atoms with Crippen LogP contribution in [0.25, 0.3) is 0 Å². The molecule has 7 nitrogen and oxygen atoms in total. The Morgan fingerprint density at radius 2 is 2.07 bits per heavy atom. The van der Waals surface area contributed by atoms with Crippen molar-refractivity contribution in [2.45, 2.75) is 26.9 Å². The van der Waals surface area contributed by atoms with Crippen LogP contribution in [0.2, 0.25) is 0 Å². The van der Waals surface area contributed by atoms with Gasteiger partial charge in [0.05, 0.1) is 25.9 Å². The summed E-state index contributed by atoms with van der Waals surface area (Å²) in [6.45, 7) is 5.85. The van der Waals surface area contributed by atoms with Gasteiger partial charge in [0.25, 0.3) is 11.8 Å². The molecule has 27 heavy (non-hydrogen) atoms. The van der Waals surface area contributed by atoms with Gasteiger partial charge in [-0.1, -0.05) is 13.8 Å². The predicted molar refractivity (Wildman–Crippen MR) is 97.1 cm³/mol. The normalized spacial score (nSPS) is 13.4. The molecule has 1 N–H and O–H groups in total. The molecule has 2 aromatic rings. The molecule has 0 saturated heterocycles. The zero-order chi connectivity index (χ0) is 19.6. The number of hydrogen-bond acceptors (Lipinski definition) is 4. The first kappa shape index (κ1) is 18.9. The highest BCUT2D eigenvalue weighted by molar-refractivity contribution is 5.94. The van der Waals surface area contributed by atoms with Crippen molar-refractivity contribution in [1.82, 2.24) is 20.0 Å². The number of carbonyl (C=O) groups is 2. The summed E-state index contributed by atoms with van der Waals surface area (Å²) in [6.07, 6.45) is 0. The van der Waals surface area contributed by atoms with E-state index in [1.54, 1.807) is 21.7 Å². The lowest BCUT2D eigenvalue weighted by atomic mass is 10.1. The Morgan fingerprint density at radius 3 is 2.74 bits per heavy atom. The van der Waals surface area contributed by atoms with E-state index in [0.29, 0.717) is 37.8 Å². The number of ether oxygens (including phenoxy) is 1. The quantitative estimate of drug-likeness (QED) is 0.869. The Balaban J connectivity index is 1.71. The SMILES string of the molecule is COc1ccc(C(=O)N2CCn3nc(C(=O)NCC(C)C)cc3C2)cc1F. The van der Waals surface area contributed by atoms with Crippen LogP contribution in [-0.2, 0) is 13.1 Å². The van der Waals surface area contributed by atoms with E-state index < -0.39 is 5.82 Å². The van der Waals surface area contributed by atoms with Crippen LogP contribution in [0.4, 0.5) is 4.39 Å². The van der Waals surface area contributed by atoms with E-state index in [-0.39, 0.29) is 23.1 Å². The predicted octanol–water partition coefficient (Wildman–Crippen LogP) is 2.07. The van der Waals surface area contributed by atoms with Gasteiger partial charge in [-0.15, -0.1) is 0 Å². The largest absolute Gasteiger partial charge is 0.494 e. The van der Waals surface area contributed by atoms with E-state index >= 15 is 0 Å². The van der Waals surface area contributed by atoms with Gasteiger partial charge >= 0.3 is 0 Å². The smallest absolute Gasteiger partial charge is 0.271 e. The van der Waals surface area contributed by atoms with Gasteiger partial charge in [-0.3, -0.25) is 14.3 Å². The Labute approximate surface area is 157 Å². The van der Waals surface area contributed by atoms with Crippen LogP contribution in [0.5, 0.6) is 5.75 Å². The molecule has 0 spiro atoms. The summed E-state index contributed by atoms with van der Waals surface area (Å²) in [5, 5.41) is 7.16. The summed E-state index contributed by atoms with van der Waals surface area (Å²) in [5.74, 6) is -0.616. The lowest BCUT2D eigenvalue weighted by molar-refractivity contribution is 0.0704. The van der Waals surface area contributed by atoms with Gasteiger partial charge in [-0.2, -0.15) is 5.10 Å². The van der Waals surface area contributed by atoms with E-state index in [2.05, 4.69) is 10.4 Å². The van der Waals surface area contributed by atoms with E-state index in [1.165, 1.54) is 19.2 Å². The molecule has 0 radical (unpaired) electrons. The zero-order valence-electron chi connectivity index (χ0n) is 15.7. The number of hydrogen-bond donors (Lipinski definition) is 1. The molecule has 1 aliphatic heterocycles. The van der Waals surface area contributed by atoms with E-state index in [1.807, 2.05) is 13.8 Å². The highest BCUT2D eigenvalue weighted by Crippen LogP contribution is 2.21. The Bertz CT molecular complexity index is 863. The van der Waals surface area contributed by atoms with Crippen LogP contribution < -0.4 is 10.1 Å². The fourth-order valence-corrected chi connectivity index (χ4v) is 2.92. The van der Waals surface area contributed by atoms with Crippen molar-refractivity contribution >= 4 is 11.8 Å². The van der Waals surface area contributed by atoms with Crippen molar-refractivity contribution in [2.75, 3.05) is 20.2 Å². The second kappa shape index (κ2) is 7.77. The molecular weight excluding hydrogens is 351 g/mol. The summed E-state index contributed by atoms with van der Waals surface area (Å²) < 4.78 is 20.5. The number of aromatic nitrogens is 2. The number of halogens is 1. The van der Waals surface area contributed by atoms with Gasteiger partial charge in [0.1, 0.15) is 0 Å². The van der Waals surface area contributed by atoms with Gasteiger partial charge in [0, 0.05) is 18.7 Å². The van der Waals surface area contributed by atoms with Gasteiger partial charge in [-0.05, 0) is 30.2 Å². The molecule has 3 rings (SSSR count). The third-order valence-electron chi connectivity index (χ3n) is 4.39. The van der Waals surface area contributed by atoms with Gasteiger partial charge in [0.2, 0.25) is 0 Å². The molecule has 144 valence electrons. The number of nitrogens with zero attached hydrogens (tertiary/aromatic N) is 3. The summed E-state index contributed by atoms with van der Waals surface area (Å²) >= 11 is 0. The summed E-state index contributed by atoms with van der Waals surface area (Å²) in [5.41, 5.74) is 1.38. The third kappa shape index (κ3) is 4.10. The third-order valence-corrected chi connectivity index (χ3v) is 4.39. The molecule has 0 bridgehead atoms. The standard InChI is InChI=1S/C19H23FN4O3/c1-12(2)10-21-18(25)16-9-14-11-23(6-7-24(14)22-16)19(26)13-4-5-17(27-3)15(20)8-13/h4-5,8-9,12H,6-7,10-11H2,1-3H3,(H,21,25). The minimum atomic E-state index is -0.575. The summed E-state index contributed by atoms with van der Waals surface area (Å²) in [4.78, 5) is 26.5. The van der Waals surface area contributed by atoms with Crippen LogP contribution in [0, 0.1) is 11.7 Å². The van der Waals surface area contributed by atoms with Crippen molar-refractivity contribution in [2.24, 2.45) is 5.92 Å². The molecule has 0 atom stereocenters. The van der Waals surface area contributed by atoms with Crippen molar-refractivity contribution in [3.05, 3.63) is 47.0 Å². The molecular formula is C19H23FN4O3. The first-order valence-corrected chi connectivity index (χ1v) is 8.86. The van der Waals surface area contributed by atoms with Crippen LogP contribution in [0.15, 0.2) is 24.3 Å². The molecule has 1 aliphatic rings. The fraction of sp³-hybridized carbons (Fsp3) is 0.421. The second-order valence-electron chi connectivity index (χ2n) is 6.92. The van der Waals surface area contributed by atoms with E-state index in [9.17, 15) is 14.0 Å². The molecule has 1 aromatic carbocycles. The maximum Gasteiger partial charge on any atom is 0.271 e. The Hall–Kier alpha value is -2.90. The molecule has 8 heteroatoms. The molecule has 0 aliphatic carbocycles. The molecule has 1 aromatic heterocycles. The molecule has 2 amide bonds. The first-order chi connectivity index (χ1) is 12.9. The maximum atomic E-state index is 13.9. The zero-order valence-corrected chi connectivity index (χ0v) is 15.7. The second-order valence-corrected chi connectivity index (χ2v) is 6.92. The van der Waals surface area contributed by atoms with Crippen molar-refractivity contribution < 1.29 is 18.7 Å².